The summed E-state index contributed by atoms with van der Waals surface area (Å²) < 4.78 is 0. The van der Waals surface area contributed by atoms with E-state index in [1.54, 1.807) is 0 Å². The number of rotatable bonds is 2. The van der Waals surface area contributed by atoms with Gasteiger partial charge in [0.1, 0.15) is 0 Å². The predicted octanol–water partition coefficient (Wildman–Crippen LogP) is 2.41. The van der Waals surface area contributed by atoms with Gasteiger partial charge >= 0.3 is 0 Å². The summed E-state index contributed by atoms with van der Waals surface area (Å²) in [5, 5.41) is 6.99. The van der Waals surface area contributed by atoms with Crippen LogP contribution in [-0.4, -0.2) is 10.2 Å². The van der Waals surface area contributed by atoms with E-state index in [2.05, 4.69) is 31.0 Å². The molecule has 0 unspecified atom stereocenters. The summed E-state index contributed by atoms with van der Waals surface area (Å²) in [5.41, 5.74) is 2.72. The molecular weight excluding hydrogens is 136 g/mol. The molecule has 0 aromatic carbocycles. The first kappa shape index (κ1) is 8.31. The Bertz CT molecular complexity index is 235. The number of hydrogen-bond donors (Lipinski definition) is 1. The van der Waals surface area contributed by atoms with Gasteiger partial charge in [-0.3, -0.25) is 5.10 Å². The Morgan fingerprint density at radius 2 is 2.18 bits per heavy atom. The Morgan fingerprint density at radius 3 is 2.55 bits per heavy atom. The summed E-state index contributed by atoms with van der Waals surface area (Å²) in [6, 6.07) is 0. The van der Waals surface area contributed by atoms with Gasteiger partial charge in [-0.1, -0.05) is 20.8 Å². The van der Waals surface area contributed by atoms with E-state index in [9.17, 15) is 0 Å². The van der Waals surface area contributed by atoms with E-state index < -0.39 is 0 Å². The number of aryl methyl sites for hydroxylation is 1. The van der Waals surface area contributed by atoms with Crippen molar-refractivity contribution in [3.63, 3.8) is 0 Å². The van der Waals surface area contributed by atoms with Crippen LogP contribution in [0.2, 0.25) is 0 Å². The minimum atomic E-state index is 0.261. The van der Waals surface area contributed by atoms with Crippen LogP contribution in [0.4, 0.5) is 0 Å². The second-order valence-corrected chi connectivity index (χ2v) is 3.62. The molecule has 11 heavy (non-hydrogen) atoms. The molecule has 0 bridgehead atoms. The smallest absolute Gasteiger partial charge is 0.0628 e. The third-order valence-electron chi connectivity index (χ3n) is 2.44. The molecule has 0 aliphatic rings. The molecule has 62 valence electrons. The van der Waals surface area contributed by atoms with Crippen molar-refractivity contribution in [2.45, 2.75) is 39.5 Å². The van der Waals surface area contributed by atoms with Crippen LogP contribution in [0.1, 0.15) is 38.4 Å². The lowest BCUT2D eigenvalue weighted by molar-refractivity contribution is 0.503. The zero-order valence-corrected chi connectivity index (χ0v) is 7.73. The normalized spacial score (nSPS) is 12.0. The van der Waals surface area contributed by atoms with Gasteiger partial charge in [-0.05, 0) is 24.3 Å². The van der Waals surface area contributed by atoms with Gasteiger partial charge in [0.05, 0.1) is 5.69 Å². The second-order valence-electron chi connectivity index (χ2n) is 3.62. The molecular formula is C9H16N2. The van der Waals surface area contributed by atoms with Crippen molar-refractivity contribution in [3.8, 4) is 0 Å². The molecule has 2 heteroatoms. The molecule has 1 heterocycles. The molecule has 2 nitrogen and oxygen atoms in total. The lowest BCUT2D eigenvalue weighted by Gasteiger charge is -2.21. The van der Waals surface area contributed by atoms with Gasteiger partial charge in [-0.15, -0.1) is 0 Å². The molecule has 1 aromatic heterocycles. The molecule has 0 atom stereocenters. The highest BCUT2D eigenvalue weighted by Crippen LogP contribution is 2.27. The van der Waals surface area contributed by atoms with Gasteiger partial charge in [0, 0.05) is 6.20 Å². The molecule has 1 rings (SSSR count). The number of H-pyrrole nitrogens is 1. The van der Waals surface area contributed by atoms with Crippen LogP contribution < -0.4 is 0 Å². The van der Waals surface area contributed by atoms with E-state index in [0.29, 0.717) is 0 Å². The number of nitrogens with zero attached hydrogens (tertiary/aromatic N) is 1. The van der Waals surface area contributed by atoms with E-state index >= 15 is 0 Å². The molecule has 1 aromatic rings. The predicted molar refractivity (Wildman–Crippen MR) is 46.6 cm³/mol. The van der Waals surface area contributed by atoms with Gasteiger partial charge < -0.3 is 0 Å². The quantitative estimate of drug-likeness (QED) is 0.692. The summed E-state index contributed by atoms with van der Waals surface area (Å²) in [6.07, 6.45) is 3.15. The van der Waals surface area contributed by atoms with Gasteiger partial charge in [0.15, 0.2) is 0 Å². The largest absolute Gasteiger partial charge is 0.285 e. The van der Waals surface area contributed by atoms with Crippen LogP contribution in [0.25, 0.3) is 0 Å². The van der Waals surface area contributed by atoms with E-state index in [-0.39, 0.29) is 5.41 Å². The zero-order chi connectivity index (χ0) is 8.48. The van der Waals surface area contributed by atoms with E-state index in [0.717, 1.165) is 12.1 Å². The topological polar surface area (TPSA) is 28.7 Å². The fourth-order valence-corrected chi connectivity index (χ4v) is 1.23. The Hall–Kier alpha value is -0.790. The first-order chi connectivity index (χ1) is 5.08. The number of nitrogens with one attached hydrogen (secondary N) is 1. The molecule has 0 radical (unpaired) electrons. The average molecular weight is 152 g/mol. The molecule has 0 aliphatic carbocycles. The maximum atomic E-state index is 4.11. The summed E-state index contributed by atoms with van der Waals surface area (Å²) >= 11 is 0. The Kier molecular flexibility index (Phi) is 2.03. The molecule has 0 aliphatic heterocycles. The van der Waals surface area contributed by atoms with Crippen LogP contribution in [0.15, 0.2) is 6.20 Å². The van der Waals surface area contributed by atoms with Crippen LogP contribution in [0.3, 0.4) is 0 Å². The lowest BCUT2D eigenvalue weighted by atomic mass is 9.83. The molecule has 0 fully saturated rings. The summed E-state index contributed by atoms with van der Waals surface area (Å²) in [6.45, 7) is 8.73. The van der Waals surface area contributed by atoms with Crippen molar-refractivity contribution in [2.75, 3.05) is 0 Å². The standard InChI is InChI=1S/C9H16N2/c1-5-9(3,4)8-6-10-11-7(8)2/h6H,5H2,1-4H3,(H,10,11). The van der Waals surface area contributed by atoms with Crippen molar-refractivity contribution in [1.29, 1.82) is 0 Å². The summed E-state index contributed by atoms with van der Waals surface area (Å²) in [4.78, 5) is 0. The van der Waals surface area contributed by atoms with E-state index in [1.165, 1.54) is 5.56 Å². The fraction of sp³-hybridized carbons (Fsp3) is 0.667. The molecule has 0 saturated heterocycles. The zero-order valence-electron chi connectivity index (χ0n) is 7.73. The van der Waals surface area contributed by atoms with E-state index in [4.69, 9.17) is 0 Å². The minimum absolute atomic E-state index is 0.261. The van der Waals surface area contributed by atoms with Crippen molar-refractivity contribution in [2.24, 2.45) is 0 Å². The highest BCUT2D eigenvalue weighted by atomic mass is 15.1. The molecule has 0 saturated carbocycles. The maximum Gasteiger partial charge on any atom is 0.0628 e. The monoisotopic (exact) mass is 152 g/mol. The minimum Gasteiger partial charge on any atom is -0.285 e. The Balaban J connectivity index is 3.00. The van der Waals surface area contributed by atoms with Gasteiger partial charge in [0.25, 0.3) is 0 Å². The maximum absolute atomic E-state index is 4.11. The molecule has 1 N–H and O–H groups in total. The number of hydrogen-bond acceptors (Lipinski definition) is 1. The molecule has 0 spiro atoms. The second kappa shape index (κ2) is 2.68. The lowest BCUT2D eigenvalue weighted by Crippen LogP contribution is -2.15. The SMILES string of the molecule is CCC(C)(C)c1c[nH]nc1C. The van der Waals surface area contributed by atoms with Crippen LogP contribution in [-0.2, 0) is 5.41 Å². The molecule has 0 amide bonds. The van der Waals surface area contributed by atoms with Crippen molar-refractivity contribution in [3.05, 3.63) is 17.5 Å². The third-order valence-corrected chi connectivity index (χ3v) is 2.44. The first-order valence-corrected chi connectivity index (χ1v) is 4.09. The van der Waals surface area contributed by atoms with Gasteiger partial charge in [-0.2, -0.15) is 5.10 Å². The Morgan fingerprint density at radius 1 is 1.55 bits per heavy atom. The van der Waals surface area contributed by atoms with Crippen LogP contribution >= 0.6 is 0 Å². The van der Waals surface area contributed by atoms with E-state index in [1.807, 2.05) is 13.1 Å². The van der Waals surface area contributed by atoms with Crippen LogP contribution in [0.5, 0.6) is 0 Å². The summed E-state index contributed by atoms with van der Waals surface area (Å²) in [7, 11) is 0. The third kappa shape index (κ3) is 1.44. The highest BCUT2D eigenvalue weighted by Gasteiger charge is 2.21. The Labute approximate surface area is 68.0 Å². The number of aromatic nitrogens is 2. The van der Waals surface area contributed by atoms with Crippen molar-refractivity contribution < 1.29 is 0 Å². The highest BCUT2D eigenvalue weighted by molar-refractivity contribution is 5.23. The number of aromatic amines is 1. The van der Waals surface area contributed by atoms with Crippen molar-refractivity contribution in [1.82, 2.24) is 10.2 Å². The van der Waals surface area contributed by atoms with Gasteiger partial charge in [0.2, 0.25) is 0 Å². The fourth-order valence-electron chi connectivity index (χ4n) is 1.23. The first-order valence-electron chi connectivity index (χ1n) is 4.09. The van der Waals surface area contributed by atoms with Gasteiger partial charge in [-0.25, -0.2) is 0 Å². The summed E-state index contributed by atoms with van der Waals surface area (Å²) in [5.74, 6) is 0. The van der Waals surface area contributed by atoms with Crippen molar-refractivity contribution >= 4 is 0 Å². The average Bonchev–Trinajstić information content (AvgIpc) is 2.36. The van der Waals surface area contributed by atoms with Crippen LogP contribution in [0, 0.1) is 6.92 Å².